The van der Waals surface area contributed by atoms with Gasteiger partial charge in [-0.15, -0.1) is 0 Å². The van der Waals surface area contributed by atoms with E-state index >= 15 is 0 Å². The molecule has 0 N–H and O–H groups in total. The van der Waals surface area contributed by atoms with Gasteiger partial charge < -0.3 is 0 Å². The van der Waals surface area contributed by atoms with Gasteiger partial charge in [-0.05, 0) is 37.1 Å². The van der Waals surface area contributed by atoms with Gasteiger partial charge in [-0.2, -0.15) is 4.98 Å². The van der Waals surface area contributed by atoms with E-state index in [9.17, 15) is 9.59 Å². The molecule has 0 spiro atoms. The average molecular weight is 332 g/mol. The molecule has 0 saturated heterocycles. The highest BCUT2D eigenvalue weighted by Gasteiger charge is 2.22. The zero-order chi connectivity index (χ0) is 17.7. The smallest absolute Gasteiger partial charge is 0.290 e. The molecule has 0 fully saturated rings. The van der Waals surface area contributed by atoms with E-state index in [0.717, 1.165) is 26.9 Å². The van der Waals surface area contributed by atoms with Crippen LogP contribution in [0, 0.1) is 13.8 Å². The standard InChI is InChI=1S/C19H16N4O2/c1-11-7-6-8-12(2)16(11)23-14-10-5-4-9-13(14)20-15-17(23)21-19(25)22(3)18(15)24/h4-10H,1-3H3. The molecule has 124 valence electrons. The van der Waals surface area contributed by atoms with Crippen LogP contribution in [0.25, 0.3) is 28.2 Å². The molecule has 6 heteroatoms. The van der Waals surface area contributed by atoms with E-state index in [1.807, 2.05) is 60.9 Å². The Bertz CT molecular complexity index is 1200. The van der Waals surface area contributed by atoms with Crippen LogP contribution in [-0.2, 0) is 7.05 Å². The normalized spacial score (nSPS) is 11.3. The lowest BCUT2D eigenvalue weighted by molar-refractivity contribution is 0.758. The molecule has 2 aromatic carbocycles. The van der Waals surface area contributed by atoms with Crippen LogP contribution in [0.2, 0.25) is 0 Å². The molecule has 0 radical (unpaired) electrons. The number of hydrogen-bond acceptors (Lipinski definition) is 4. The van der Waals surface area contributed by atoms with Crippen molar-refractivity contribution in [3.05, 3.63) is 74.4 Å². The van der Waals surface area contributed by atoms with E-state index in [4.69, 9.17) is 0 Å². The lowest BCUT2D eigenvalue weighted by atomic mass is 10.1. The van der Waals surface area contributed by atoms with Gasteiger partial charge in [0.15, 0.2) is 11.5 Å². The molecule has 0 amide bonds. The highest BCUT2D eigenvalue weighted by atomic mass is 16.2. The van der Waals surface area contributed by atoms with Crippen LogP contribution in [0.3, 0.4) is 0 Å². The van der Waals surface area contributed by atoms with Gasteiger partial charge in [0, 0.05) is 7.05 Å². The van der Waals surface area contributed by atoms with Crippen molar-refractivity contribution in [2.24, 2.45) is 7.05 Å². The molecule has 2 aliphatic rings. The monoisotopic (exact) mass is 332 g/mol. The molecule has 6 nitrogen and oxygen atoms in total. The predicted molar refractivity (Wildman–Crippen MR) is 96.5 cm³/mol. The fraction of sp³-hybridized carbons (Fsp3) is 0.158. The third-order valence-corrected chi connectivity index (χ3v) is 4.44. The summed E-state index contributed by atoms with van der Waals surface area (Å²) in [6.45, 7) is 3.99. The molecule has 2 aliphatic heterocycles. The maximum Gasteiger partial charge on any atom is 0.352 e. The number of nitrogens with zero attached hydrogens (tertiary/aromatic N) is 4. The summed E-state index contributed by atoms with van der Waals surface area (Å²) in [5.74, 6) is 0.282. The third kappa shape index (κ3) is 2.18. The van der Waals surface area contributed by atoms with Gasteiger partial charge in [0.05, 0.1) is 16.7 Å². The predicted octanol–water partition coefficient (Wildman–Crippen LogP) is 2.20. The SMILES string of the molecule is Cc1cccc(C)c1-n1c2nc(=O)n(C)c(=O)c-2nc2ccccc21. The van der Waals surface area contributed by atoms with E-state index < -0.39 is 11.2 Å². The first kappa shape index (κ1) is 15.3. The highest BCUT2D eigenvalue weighted by molar-refractivity contribution is 5.82. The van der Waals surface area contributed by atoms with Crippen LogP contribution in [0.1, 0.15) is 11.1 Å². The van der Waals surface area contributed by atoms with Crippen molar-refractivity contribution >= 4 is 11.0 Å². The summed E-state index contributed by atoms with van der Waals surface area (Å²) in [7, 11) is 1.41. The minimum atomic E-state index is -0.588. The van der Waals surface area contributed by atoms with Gasteiger partial charge in [-0.1, -0.05) is 30.3 Å². The molecule has 0 atom stereocenters. The minimum absolute atomic E-state index is 0.184. The van der Waals surface area contributed by atoms with Crippen molar-refractivity contribution in [3.8, 4) is 17.2 Å². The topological polar surface area (TPSA) is 69.8 Å². The Hall–Kier alpha value is -3.28. The summed E-state index contributed by atoms with van der Waals surface area (Å²) in [5, 5.41) is 0. The number of para-hydroxylation sites is 3. The number of hydrogen-bond donors (Lipinski definition) is 0. The third-order valence-electron chi connectivity index (χ3n) is 4.44. The molecule has 2 heterocycles. The van der Waals surface area contributed by atoms with Crippen LogP contribution in [-0.4, -0.2) is 19.1 Å². The first-order valence-electron chi connectivity index (χ1n) is 7.94. The maximum atomic E-state index is 12.6. The van der Waals surface area contributed by atoms with Crippen molar-refractivity contribution < 1.29 is 0 Å². The van der Waals surface area contributed by atoms with Crippen LogP contribution in [0.15, 0.2) is 52.1 Å². The fourth-order valence-electron chi connectivity index (χ4n) is 3.18. The van der Waals surface area contributed by atoms with Crippen molar-refractivity contribution in [1.29, 1.82) is 0 Å². The average Bonchev–Trinajstić information content (AvgIpc) is 2.60. The number of benzene rings is 2. The minimum Gasteiger partial charge on any atom is -0.290 e. The Morgan fingerprint density at radius 1 is 0.880 bits per heavy atom. The summed E-state index contributed by atoms with van der Waals surface area (Å²) in [5.41, 5.74) is 3.59. The Morgan fingerprint density at radius 2 is 1.56 bits per heavy atom. The van der Waals surface area contributed by atoms with Gasteiger partial charge in [0.2, 0.25) is 0 Å². The molecule has 4 rings (SSSR count). The maximum absolute atomic E-state index is 12.6. The van der Waals surface area contributed by atoms with Crippen LogP contribution < -0.4 is 11.2 Å². The zero-order valence-electron chi connectivity index (χ0n) is 14.1. The van der Waals surface area contributed by atoms with E-state index in [1.165, 1.54) is 7.05 Å². The molecule has 0 bridgehead atoms. The highest BCUT2D eigenvalue weighted by Crippen LogP contribution is 2.28. The Morgan fingerprint density at radius 3 is 2.28 bits per heavy atom. The summed E-state index contributed by atoms with van der Waals surface area (Å²) in [6, 6.07) is 13.5. The van der Waals surface area contributed by atoms with Crippen LogP contribution in [0.5, 0.6) is 0 Å². The number of rotatable bonds is 1. The van der Waals surface area contributed by atoms with E-state index in [-0.39, 0.29) is 11.5 Å². The fourth-order valence-corrected chi connectivity index (χ4v) is 3.18. The molecular weight excluding hydrogens is 316 g/mol. The van der Waals surface area contributed by atoms with Gasteiger partial charge in [0.1, 0.15) is 0 Å². The van der Waals surface area contributed by atoms with Crippen LogP contribution in [0.4, 0.5) is 0 Å². The van der Waals surface area contributed by atoms with Crippen molar-refractivity contribution in [1.82, 2.24) is 19.1 Å². The van der Waals surface area contributed by atoms with Crippen molar-refractivity contribution in [2.45, 2.75) is 13.8 Å². The van der Waals surface area contributed by atoms with Gasteiger partial charge in [0.25, 0.3) is 5.56 Å². The summed E-state index contributed by atoms with van der Waals surface area (Å²) < 4.78 is 2.85. The number of aryl methyl sites for hydroxylation is 2. The van der Waals surface area contributed by atoms with E-state index in [2.05, 4.69) is 9.97 Å². The second kappa shape index (κ2) is 5.37. The molecule has 25 heavy (non-hydrogen) atoms. The zero-order valence-corrected chi connectivity index (χ0v) is 14.1. The number of aromatic nitrogens is 4. The molecule has 0 unspecified atom stereocenters. The summed E-state index contributed by atoms with van der Waals surface area (Å²) >= 11 is 0. The summed E-state index contributed by atoms with van der Waals surface area (Å²) in [4.78, 5) is 33.4. The largest absolute Gasteiger partial charge is 0.352 e. The van der Waals surface area contributed by atoms with Crippen molar-refractivity contribution in [3.63, 3.8) is 0 Å². The van der Waals surface area contributed by atoms with Gasteiger partial charge in [-0.3, -0.25) is 13.9 Å². The molecule has 0 aromatic heterocycles. The molecule has 0 saturated carbocycles. The quantitative estimate of drug-likeness (QED) is 0.501. The first-order valence-corrected chi connectivity index (χ1v) is 7.94. The Kier molecular flexibility index (Phi) is 3.28. The van der Waals surface area contributed by atoms with E-state index in [1.54, 1.807) is 0 Å². The van der Waals surface area contributed by atoms with E-state index in [0.29, 0.717) is 5.52 Å². The lowest BCUT2D eigenvalue weighted by Crippen LogP contribution is -2.36. The molecule has 0 aliphatic carbocycles. The Balaban J connectivity index is 2.33. The first-order chi connectivity index (χ1) is 12.0. The second-order valence-electron chi connectivity index (χ2n) is 6.11. The van der Waals surface area contributed by atoms with Gasteiger partial charge in [-0.25, -0.2) is 9.78 Å². The van der Waals surface area contributed by atoms with Crippen molar-refractivity contribution in [2.75, 3.05) is 0 Å². The Labute approximate surface area is 143 Å². The number of fused-ring (bicyclic) bond motifs is 2. The second-order valence-corrected chi connectivity index (χ2v) is 6.11. The van der Waals surface area contributed by atoms with Crippen LogP contribution >= 0.6 is 0 Å². The molecule has 2 aromatic rings. The van der Waals surface area contributed by atoms with Gasteiger partial charge >= 0.3 is 5.69 Å². The lowest BCUT2D eigenvalue weighted by Gasteiger charge is -2.20. The molecular formula is C19H16N4O2. The summed E-state index contributed by atoms with van der Waals surface area (Å²) in [6.07, 6.45) is 0.